The highest BCUT2D eigenvalue weighted by Gasteiger charge is 2.22. The number of hydrogen-bond donors (Lipinski definition) is 1. The Morgan fingerprint density at radius 1 is 1.17 bits per heavy atom. The third-order valence-corrected chi connectivity index (χ3v) is 5.62. The molecule has 0 bridgehead atoms. The Kier molecular flexibility index (Phi) is 7.00. The number of rotatable bonds is 8. The van der Waals surface area contributed by atoms with Crippen molar-refractivity contribution in [2.24, 2.45) is 0 Å². The number of carbonyl (C=O) groups excluding carboxylic acids is 1. The van der Waals surface area contributed by atoms with Gasteiger partial charge in [-0.05, 0) is 56.2 Å². The van der Waals surface area contributed by atoms with Crippen LogP contribution >= 0.6 is 11.8 Å². The molecule has 29 heavy (non-hydrogen) atoms. The fourth-order valence-electron chi connectivity index (χ4n) is 2.76. The molecular formula is C21H25N5O2S. The molecule has 0 saturated heterocycles. The van der Waals surface area contributed by atoms with E-state index in [4.69, 9.17) is 4.74 Å². The molecular weight excluding hydrogens is 386 g/mol. The maximum absolute atomic E-state index is 12.4. The Morgan fingerprint density at radius 3 is 2.62 bits per heavy atom. The fraction of sp³-hybridized carbons (Fsp3) is 0.333. The van der Waals surface area contributed by atoms with Gasteiger partial charge in [-0.15, -0.1) is 10.2 Å². The van der Waals surface area contributed by atoms with Gasteiger partial charge in [0.1, 0.15) is 0 Å². The van der Waals surface area contributed by atoms with Crippen molar-refractivity contribution in [1.29, 1.82) is 0 Å². The molecule has 0 unspecified atom stereocenters. The van der Waals surface area contributed by atoms with Gasteiger partial charge in [0.25, 0.3) is 0 Å². The lowest BCUT2D eigenvalue weighted by Gasteiger charge is -2.15. The van der Waals surface area contributed by atoms with Crippen LogP contribution in [0.1, 0.15) is 18.1 Å². The van der Waals surface area contributed by atoms with Gasteiger partial charge in [0.15, 0.2) is 11.0 Å². The monoisotopic (exact) mass is 411 g/mol. The SMILES string of the molecule is COCCNC(=O)[C@@H](C)Sc1nnc(-c2ccncc2)n1-c1ccc(C)c(C)c1. The largest absolute Gasteiger partial charge is 0.383 e. The Bertz CT molecular complexity index is 974. The molecule has 8 heteroatoms. The summed E-state index contributed by atoms with van der Waals surface area (Å²) in [5.74, 6) is 0.650. The van der Waals surface area contributed by atoms with E-state index in [-0.39, 0.29) is 11.2 Å². The molecule has 0 aliphatic rings. The normalized spacial score (nSPS) is 12.0. The van der Waals surface area contributed by atoms with Crippen molar-refractivity contribution in [1.82, 2.24) is 25.1 Å². The van der Waals surface area contributed by atoms with Gasteiger partial charge in [0, 0.05) is 31.6 Å². The van der Waals surface area contributed by atoms with Gasteiger partial charge < -0.3 is 10.1 Å². The molecule has 0 spiro atoms. The number of benzene rings is 1. The summed E-state index contributed by atoms with van der Waals surface area (Å²) in [6.45, 7) is 6.98. The average Bonchev–Trinajstić information content (AvgIpc) is 3.14. The molecule has 7 nitrogen and oxygen atoms in total. The van der Waals surface area contributed by atoms with Gasteiger partial charge in [-0.3, -0.25) is 14.3 Å². The zero-order valence-electron chi connectivity index (χ0n) is 17.0. The third kappa shape index (κ3) is 5.02. The van der Waals surface area contributed by atoms with Crippen molar-refractivity contribution in [2.45, 2.75) is 31.2 Å². The predicted molar refractivity (Wildman–Crippen MR) is 114 cm³/mol. The third-order valence-electron chi connectivity index (χ3n) is 4.58. The summed E-state index contributed by atoms with van der Waals surface area (Å²) >= 11 is 1.38. The Morgan fingerprint density at radius 2 is 1.93 bits per heavy atom. The van der Waals surface area contributed by atoms with Crippen molar-refractivity contribution in [2.75, 3.05) is 20.3 Å². The first-order valence-corrected chi connectivity index (χ1v) is 10.3. The summed E-state index contributed by atoms with van der Waals surface area (Å²) in [7, 11) is 1.61. The summed E-state index contributed by atoms with van der Waals surface area (Å²) in [5.41, 5.74) is 4.26. The smallest absolute Gasteiger partial charge is 0.233 e. The number of ether oxygens (including phenoxy) is 1. The van der Waals surface area contributed by atoms with E-state index in [1.54, 1.807) is 19.5 Å². The van der Waals surface area contributed by atoms with Crippen LogP contribution in [0.15, 0.2) is 47.9 Å². The van der Waals surface area contributed by atoms with Crippen molar-refractivity contribution in [3.05, 3.63) is 53.9 Å². The van der Waals surface area contributed by atoms with Crippen molar-refractivity contribution < 1.29 is 9.53 Å². The molecule has 2 heterocycles. The Hall–Kier alpha value is -2.71. The summed E-state index contributed by atoms with van der Waals surface area (Å²) in [5, 5.41) is 12.0. The summed E-state index contributed by atoms with van der Waals surface area (Å²) in [6, 6.07) is 10.0. The van der Waals surface area contributed by atoms with Crippen LogP contribution in [0.4, 0.5) is 0 Å². The average molecular weight is 412 g/mol. The van der Waals surface area contributed by atoms with Crippen LogP contribution < -0.4 is 5.32 Å². The van der Waals surface area contributed by atoms with Crippen molar-refractivity contribution >= 4 is 17.7 Å². The number of methoxy groups -OCH3 is 1. The van der Waals surface area contributed by atoms with Crippen LogP contribution in [0, 0.1) is 13.8 Å². The predicted octanol–water partition coefficient (Wildman–Crippen LogP) is 3.19. The Balaban J connectivity index is 1.96. The molecule has 0 fully saturated rings. The lowest BCUT2D eigenvalue weighted by Crippen LogP contribution is -2.33. The lowest BCUT2D eigenvalue weighted by molar-refractivity contribution is -0.120. The molecule has 0 aliphatic carbocycles. The number of aryl methyl sites for hydroxylation is 2. The lowest BCUT2D eigenvalue weighted by atomic mass is 10.1. The molecule has 1 amide bonds. The molecule has 1 aromatic carbocycles. The Labute approximate surface area is 174 Å². The molecule has 0 aliphatic heterocycles. The molecule has 152 valence electrons. The second kappa shape index (κ2) is 9.67. The zero-order valence-corrected chi connectivity index (χ0v) is 17.9. The fourth-order valence-corrected chi connectivity index (χ4v) is 3.66. The first-order valence-electron chi connectivity index (χ1n) is 9.38. The summed E-state index contributed by atoms with van der Waals surface area (Å²) < 4.78 is 6.98. The molecule has 0 saturated carbocycles. The highest BCUT2D eigenvalue weighted by Crippen LogP contribution is 2.30. The van der Waals surface area contributed by atoms with E-state index in [0.717, 1.165) is 11.3 Å². The molecule has 1 atom stereocenters. The number of carbonyl (C=O) groups is 1. The van der Waals surface area contributed by atoms with Crippen molar-refractivity contribution in [3.8, 4) is 17.1 Å². The van der Waals surface area contributed by atoms with Crippen LogP contribution in [0.3, 0.4) is 0 Å². The second-order valence-electron chi connectivity index (χ2n) is 6.69. The second-order valence-corrected chi connectivity index (χ2v) is 8.00. The van der Waals surface area contributed by atoms with Gasteiger partial charge >= 0.3 is 0 Å². The standard InChI is InChI=1S/C21H25N5O2S/c1-14-5-6-18(13-15(14)2)26-19(17-7-9-22-10-8-17)24-25-21(26)29-16(3)20(27)23-11-12-28-4/h5-10,13,16H,11-12H2,1-4H3,(H,23,27)/t16-/m1/s1. The number of nitrogens with one attached hydrogen (secondary N) is 1. The zero-order chi connectivity index (χ0) is 20.8. The maximum atomic E-state index is 12.4. The summed E-state index contributed by atoms with van der Waals surface area (Å²) in [4.78, 5) is 16.5. The minimum Gasteiger partial charge on any atom is -0.383 e. The van der Waals surface area contributed by atoms with E-state index in [0.29, 0.717) is 24.1 Å². The van der Waals surface area contributed by atoms with Crippen molar-refractivity contribution in [3.63, 3.8) is 0 Å². The number of hydrogen-bond acceptors (Lipinski definition) is 6. The minimum atomic E-state index is -0.327. The van der Waals surface area contributed by atoms with Gasteiger partial charge in [-0.25, -0.2) is 0 Å². The van der Waals surface area contributed by atoms with Crippen LogP contribution in [-0.4, -0.2) is 51.2 Å². The van der Waals surface area contributed by atoms with E-state index in [2.05, 4.69) is 46.5 Å². The first-order chi connectivity index (χ1) is 14.0. The van der Waals surface area contributed by atoms with Crippen LogP contribution in [0.25, 0.3) is 17.1 Å². The number of amides is 1. The summed E-state index contributed by atoms with van der Waals surface area (Å²) in [6.07, 6.45) is 3.46. The molecule has 3 rings (SSSR count). The van der Waals surface area contributed by atoms with Gasteiger partial charge in [-0.2, -0.15) is 0 Å². The highest BCUT2D eigenvalue weighted by molar-refractivity contribution is 8.00. The number of aromatic nitrogens is 4. The van der Waals surface area contributed by atoms with Gasteiger partial charge in [0.2, 0.25) is 5.91 Å². The molecule has 1 N–H and O–H groups in total. The van der Waals surface area contributed by atoms with E-state index in [1.807, 2.05) is 29.7 Å². The van der Waals surface area contributed by atoms with Gasteiger partial charge in [-0.1, -0.05) is 17.8 Å². The quantitative estimate of drug-likeness (QED) is 0.453. The van der Waals surface area contributed by atoms with Crippen LogP contribution in [0.2, 0.25) is 0 Å². The number of pyridine rings is 1. The van der Waals surface area contributed by atoms with Crippen LogP contribution in [-0.2, 0) is 9.53 Å². The topological polar surface area (TPSA) is 81.9 Å². The van der Waals surface area contributed by atoms with E-state index in [1.165, 1.54) is 22.9 Å². The number of thioether (sulfide) groups is 1. The maximum Gasteiger partial charge on any atom is 0.233 e. The van der Waals surface area contributed by atoms with Gasteiger partial charge in [0.05, 0.1) is 17.5 Å². The first kappa shape index (κ1) is 21.0. The molecule has 3 aromatic rings. The molecule has 0 radical (unpaired) electrons. The molecule has 2 aromatic heterocycles. The van der Waals surface area contributed by atoms with E-state index >= 15 is 0 Å². The highest BCUT2D eigenvalue weighted by atomic mass is 32.2. The van der Waals surface area contributed by atoms with Crippen LogP contribution in [0.5, 0.6) is 0 Å². The number of nitrogens with zero attached hydrogens (tertiary/aromatic N) is 4. The van der Waals surface area contributed by atoms with E-state index < -0.39 is 0 Å². The van der Waals surface area contributed by atoms with E-state index in [9.17, 15) is 4.79 Å². The minimum absolute atomic E-state index is 0.0628.